The number of nitrogens with zero attached hydrogens (tertiary/aromatic N) is 3. The van der Waals surface area contributed by atoms with Crippen molar-refractivity contribution in [2.75, 3.05) is 5.32 Å². The van der Waals surface area contributed by atoms with E-state index in [1.54, 1.807) is 23.1 Å². The Labute approximate surface area is 98.3 Å². The Bertz CT molecular complexity index is 568. The summed E-state index contributed by atoms with van der Waals surface area (Å²) in [5.74, 6) is -0.451. The zero-order chi connectivity index (χ0) is 12.3. The highest BCUT2D eigenvalue weighted by Gasteiger charge is 2.05. The third-order valence-corrected chi connectivity index (χ3v) is 2.33. The van der Waals surface area contributed by atoms with Gasteiger partial charge in [-0.2, -0.15) is 10.4 Å². The lowest BCUT2D eigenvalue weighted by Crippen LogP contribution is -1.94. The first-order valence-corrected chi connectivity index (χ1v) is 5.22. The van der Waals surface area contributed by atoms with Crippen molar-refractivity contribution in [2.45, 2.75) is 13.5 Å². The topological polar surface area (TPSA) is 53.6 Å². The van der Waals surface area contributed by atoms with Crippen molar-refractivity contribution < 1.29 is 4.39 Å². The normalized spacial score (nSPS) is 9.94. The van der Waals surface area contributed by atoms with Crippen LogP contribution in [0.2, 0.25) is 0 Å². The summed E-state index contributed by atoms with van der Waals surface area (Å²) in [6.45, 7) is 2.73. The Kier molecular flexibility index (Phi) is 3.06. The van der Waals surface area contributed by atoms with E-state index in [0.29, 0.717) is 11.3 Å². The van der Waals surface area contributed by atoms with E-state index in [4.69, 9.17) is 5.26 Å². The van der Waals surface area contributed by atoms with E-state index < -0.39 is 5.82 Å². The van der Waals surface area contributed by atoms with Crippen LogP contribution in [0.15, 0.2) is 30.6 Å². The molecule has 0 radical (unpaired) electrons. The quantitative estimate of drug-likeness (QED) is 0.881. The van der Waals surface area contributed by atoms with Gasteiger partial charge in [0.25, 0.3) is 0 Å². The molecule has 2 aromatic rings. The van der Waals surface area contributed by atoms with E-state index in [1.807, 2.05) is 13.0 Å². The number of anilines is 2. The number of aryl methyl sites for hydroxylation is 1. The zero-order valence-corrected chi connectivity index (χ0v) is 9.31. The zero-order valence-electron chi connectivity index (χ0n) is 9.31. The van der Waals surface area contributed by atoms with Gasteiger partial charge in [0.05, 0.1) is 29.2 Å². The van der Waals surface area contributed by atoms with Crippen molar-refractivity contribution >= 4 is 11.4 Å². The summed E-state index contributed by atoms with van der Waals surface area (Å²) in [6.07, 6.45) is 3.42. The van der Waals surface area contributed by atoms with Gasteiger partial charge < -0.3 is 5.32 Å². The first-order valence-electron chi connectivity index (χ1n) is 5.22. The van der Waals surface area contributed by atoms with Gasteiger partial charge in [0, 0.05) is 12.7 Å². The summed E-state index contributed by atoms with van der Waals surface area (Å²) in [6, 6.07) is 6.19. The predicted molar refractivity (Wildman–Crippen MR) is 62.3 cm³/mol. The van der Waals surface area contributed by atoms with Crippen LogP contribution in [0, 0.1) is 17.1 Å². The molecule has 5 heteroatoms. The highest BCUT2D eigenvalue weighted by molar-refractivity contribution is 5.59. The molecule has 2 rings (SSSR count). The molecule has 0 saturated carbocycles. The molecule has 0 unspecified atom stereocenters. The number of rotatable bonds is 3. The van der Waals surface area contributed by atoms with Gasteiger partial charge in [-0.05, 0) is 25.1 Å². The molecular formula is C12H11FN4. The van der Waals surface area contributed by atoms with Crippen LogP contribution in [0.5, 0.6) is 0 Å². The maximum absolute atomic E-state index is 13.6. The van der Waals surface area contributed by atoms with Gasteiger partial charge in [-0.25, -0.2) is 4.39 Å². The Morgan fingerprint density at radius 3 is 2.94 bits per heavy atom. The number of benzene rings is 1. The summed E-state index contributed by atoms with van der Waals surface area (Å²) in [4.78, 5) is 0. The van der Waals surface area contributed by atoms with E-state index in [1.165, 1.54) is 12.1 Å². The van der Waals surface area contributed by atoms with Crippen LogP contribution in [-0.4, -0.2) is 9.78 Å². The van der Waals surface area contributed by atoms with E-state index in [0.717, 1.165) is 12.2 Å². The van der Waals surface area contributed by atoms with Gasteiger partial charge in [-0.1, -0.05) is 0 Å². The van der Waals surface area contributed by atoms with E-state index in [-0.39, 0.29) is 0 Å². The van der Waals surface area contributed by atoms with E-state index in [9.17, 15) is 4.39 Å². The first kappa shape index (κ1) is 11.1. The molecule has 86 valence electrons. The Morgan fingerprint density at radius 1 is 1.53 bits per heavy atom. The van der Waals surface area contributed by atoms with Crippen molar-refractivity contribution in [1.82, 2.24) is 9.78 Å². The van der Waals surface area contributed by atoms with Crippen LogP contribution >= 0.6 is 0 Å². The second-order valence-electron chi connectivity index (χ2n) is 3.52. The summed E-state index contributed by atoms with van der Waals surface area (Å²) in [7, 11) is 0. The lowest BCUT2D eigenvalue weighted by atomic mass is 10.2. The van der Waals surface area contributed by atoms with Gasteiger partial charge in [-0.3, -0.25) is 4.68 Å². The molecule has 1 aromatic heterocycles. The molecule has 17 heavy (non-hydrogen) atoms. The van der Waals surface area contributed by atoms with Crippen molar-refractivity contribution in [3.8, 4) is 6.07 Å². The lowest BCUT2D eigenvalue weighted by Gasteiger charge is -2.04. The maximum atomic E-state index is 13.6. The molecule has 4 nitrogen and oxygen atoms in total. The van der Waals surface area contributed by atoms with Crippen molar-refractivity contribution in [3.63, 3.8) is 0 Å². The van der Waals surface area contributed by atoms with Crippen molar-refractivity contribution in [3.05, 3.63) is 42.0 Å². The minimum atomic E-state index is -0.451. The Morgan fingerprint density at radius 2 is 2.35 bits per heavy atom. The van der Waals surface area contributed by atoms with E-state index in [2.05, 4.69) is 10.4 Å². The molecule has 0 fully saturated rings. The number of halogens is 1. The monoisotopic (exact) mass is 230 g/mol. The van der Waals surface area contributed by atoms with Gasteiger partial charge in [-0.15, -0.1) is 0 Å². The maximum Gasteiger partial charge on any atom is 0.147 e. The minimum absolute atomic E-state index is 0.303. The van der Waals surface area contributed by atoms with Gasteiger partial charge in [0.1, 0.15) is 5.82 Å². The molecule has 0 aliphatic rings. The molecule has 0 bridgehead atoms. The average Bonchev–Trinajstić information content (AvgIpc) is 2.79. The van der Waals surface area contributed by atoms with Crippen LogP contribution in [0.3, 0.4) is 0 Å². The Balaban J connectivity index is 2.21. The lowest BCUT2D eigenvalue weighted by molar-refractivity contribution is 0.631. The van der Waals surface area contributed by atoms with Crippen LogP contribution in [0.25, 0.3) is 0 Å². The molecule has 0 aliphatic carbocycles. The fourth-order valence-corrected chi connectivity index (χ4v) is 1.44. The number of nitriles is 1. The third kappa shape index (κ3) is 2.42. The summed E-state index contributed by atoms with van der Waals surface area (Å²) in [5, 5.41) is 15.6. The van der Waals surface area contributed by atoms with Crippen molar-refractivity contribution in [1.29, 1.82) is 5.26 Å². The molecule has 0 saturated heterocycles. The fraction of sp³-hybridized carbons (Fsp3) is 0.167. The summed E-state index contributed by atoms with van der Waals surface area (Å²) in [5.41, 5.74) is 1.35. The third-order valence-electron chi connectivity index (χ3n) is 2.33. The second kappa shape index (κ2) is 4.66. The predicted octanol–water partition coefficient (Wildman–Crippen LogP) is 2.66. The van der Waals surface area contributed by atoms with Crippen LogP contribution in [0.4, 0.5) is 15.8 Å². The number of hydrogen-bond donors (Lipinski definition) is 1. The Hall–Kier alpha value is -2.35. The number of nitrogens with one attached hydrogen (secondary N) is 1. The second-order valence-corrected chi connectivity index (χ2v) is 3.52. The summed E-state index contributed by atoms with van der Waals surface area (Å²) >= 11 is 0. The minimum Gasteiger partial charge on any atom is -0.351 e. The van der Waals surface area contributed by atoms with Gasteiger partial charge >= 0.3 is 0 Å². The largest absolute Gasteiger partial charge is 0.351 e. The summed E-state index contributed by atoms with van der Waals surface area (Å²) < 4.78 is 15.3. The highest BCUT2D eigenvalue weighted by atomic mass is 19.1. The number of aromatic nitrogens is 2. The molecule has 0 atom stereocenters. The van der Waals surface area contributed by atoms with E-state index >= 15 is 0 Å². The van der Waals surface area contributed by atoms with Gasteiger partial charge in [0.2, 0.25) is 0 Å². The molecular weight excluding hydrogens is 219 g/mol. The molecule has 1 aromatic carbocycles. The molecule has 0 aliphatic heterocycles. The van der Waals surface area contributed by atoms with Crippen LogP contribution < -0.4 is 5.32 Å². The van der Waals surface area contributed by atoms with Crippen molar-refractivity contribution in [2.24, 2.45) is 0 Å². The van der Waals surface area contributed by atoms with Gasteiger partial charge in [0.15, 0.2) is 0 Å². The first-order chi connectivity index (χ1) is 8.22. The average molecular weight is 230 g/mol. The fourth-order valence-electron chi connectivity index (χ4n) is 1.44. The van der Waals surface area contributed by atoms with Crippen LogP contribution in [0.1, 0.15) is 12.5 Å². The molecule has 1 N–H and O–H groups in total. The standard InChI is InChI=1S/C12H11FN4/c1-2-17-8-10(7-15-17)16-12-4-3-9(6-14)5-11(12)13/h3-5,7-8,16H,2H2,1H3. The molecule has 1 heterocycles. The SMILES string of the molecule is CCn1cc(Nc2ccc(C#N)cc2F)cn1. The number of hydrogen-bond acceptors (Lipinski definition) is 3. The molecule has 0 spiro atoms. The molecule has 0 amide bonds. The smallest absolute Gasteiger partial charge is 0.147 e. The van der Waals surface area contributed by atoms with Crippen LogP contribution in [-0.2, 0) is 6.54 Å². The highest BCUT2D eigenvalue weighted by Crippen LogP contribution is 2.20.